The van der Waals surface area contributed by atoms with E-state index < -0.39 is 0 Å². The largest absolute Gasteiger partial charge is 0.493 e. The first kappa shape index (κ1) is 17.2. The number of nitrogens with zero attached hydrogens (tertiary/aromatic N) is 2. The van der Waals surface area contributed by atoms with E-state index in [1.54, 1.807) is 43.6 Å². The van der Waals surface area contributed by atoms with Crippen molar-refractivity contribution in [3.8, 4) is 22.8 Å². The minimum absolute atomic E-state index is 0.0614. The van der Waals surface area contributed by atoms with Crippen molar-refractivity contribution in [1.29, 1.82) is 0 Å². The summed E-state index contributed by atoms with van der Waals surface area (Å²) in [5.74, 6) is 2.33. The van der Waals surface area contributed by atoms with Crippen LogP contribution in [0.3, 0.4) is 0 Å². The molecule has 0 N–H and O–H groups in total. The van der Waals surface area contributed by atoms with Gasteiger partial charge >= 0.3 is 0 Å². The third-order valence-electron chi connectivity index (χ3n) is 4.78. The SMILES string of the molecule is COc1ccc(-c2cc(C(=O)N3CCCC3c3ccco3)no2)cc1OC. The molecule has 27 heavy (non-hydrogen) atoms. The summed E-state index contributed by atoms with van der Waals surface area (Å²) in [5, 5.41) is 3.98. The van der Waals surface area contributed by atoms with E-state index in [0.29, 0.717) is 23.8 Å². The molecule has 3 aromatic rings. The quantitative estimate of drug-likeness (QED) is 0.679. The zero-order chi connectivity index (χ0) is 18.8. The Morgan fingerprint density at radius 2 is 2.04 bits per heavy atom. The molecule has 1 fully saturated rings. The van der Waals surface area contributed by atoms with Crippen LogP contribution in [0.15, 0.2) is 51.6 Å². The first-order valence-electron chi connectivity index (χ1n) is 8.74. The number of carbonyl (C=O) groups is 1. The van der Waals surface area contributed by atoms with Crippen molar-refractivity contribution in [3.63, 3.8) is 0 Å². The predicted molar refractivity (Wildman–Crippen MR) is 96.8 cm³/mol. The van der Waals surface area contributed by atoms with Gasteiger partial charge in [0.25, 0.3) is 5.91 Å². The lowest BCUT2D eigenvalue weighted by Crippen LogP contribution is -2.30. The van der Waals surface area contributed by atoms with E-state index >= 15 is 0 Å². The molecule has 140 valence electrons. The molecule has 0 radical (unpaired) electrons. The lowest BCUT2D eigenvalue weighted by molar-refractivity contribution is 0.0709. The Hall–Kier alpha value is -3.22. The molecule has 0 saturated carbocycles. The normalized spacial score (nSPS) is 16.5. The summed E-state index contributed by atoms with van der Waals surface area (Å²) < 4.78 is 21.5. The Labute approximate surface area is 156 Å². The number of rotatable bonds is 5. The highest BCUT2D eigenvalue weighted by Crippen LogP contribution is 2.35. The smallest absolute Gasteiger partial charge is 0.276 e. The maximum Gasteiger partial charge on any atom is 0.276 e. The van der Waals surface area contributed by atoms with E-state index in [1.807, 2.05) is 18.2 Å². The Morgan fingerprint density at radius 1 is 1.19 bits per heavy atom. The molecule has 3 heterocycles. The van der Waals surface area contributed by atoms with Gasteiger partial charge in [-0.25, -0.2) is 0 Å². The Bertz CT molecular complexity index is 932. The minimum atomic E-state index is -0.163. The average molecular weight is 368 g/mol. The van der Waals surface area contributed by atoms with Gasteiger partial charge in [0.2, 0.25) is 0 Å². The maximum atomic E-state index is 12.9. The van der Waals surface area contributed by atoms with Crippen molar-refractivity contribution in [1.82, 2.24) is 10.1 Å². The number of aromatic nitrogens is 1. The summed E-state index contributed by atoms with van der Waals surface area (Å²) in [6, 6.07) is 10.7. The summed E-state index contributed by atoms with van der Waals surface area (Å²) in [5.41, 5.74) is 1.03. The van der Waals surface area contributed by atoms with Gasteiger partial charge in [-0.05, 0) is 43.2 Å². The molecule has 1 saturated heterocycles. The number of benzene rings is 1. The van der Waals surface area contributed by atoms with E-state index in [0.717, 1.165) is 24.2 Å². The van der Waals surface area contributed by atoms with Crippen LogP contribution in [0.2, 0.25) is 0 Å². The highest BCUT2D eigenvalue weighted by atomic mass is 16.5. The van der Waals surface area contributed by atoms with Gasteiger partial charge in [-0.15, -0.1) is 0 Å². The summed E-state index contributed by atoms with van der Waals surface area (Å²) in [6.45, 7) is 0.669. The molecule has 0 spiro atoms. The fourth-order valence-corrected chi connectivity index (χ4v) is 3.44. The summed E-state index contributed by atoms with van der Waals surface area (Å²) >= 11 is 0. The molecule has 1 unspecified atom stereocenters. The molecular weight excluding hydrogens is 348 g/mol. The zero-order valence-electron chi connectivity index (χ0n) is 15.2. The minimum Gasteiger partial charge on any atom is -0.493 e. The van der Waals surface area contributed by atoms with Crippen LogP contribution in [0.25, 0.3) is 11.3 Å². The van der Waals surface area contributed by atoms with Gasteiger partial charge in [0.15, 0.2) is 23.0 Å². The number of hydrogen-bond acceptors (Lipinski definition) is 6. The molecule has 1 atom stereocenters. The number of likely N-dealkylation sites (tertiary alicyclic amines) is 1. The molecule has 7 heteroatoms. The van der Waals surface area contributed by atoms with E-state index in [4.69, 9.17) is 18.4 Å². The fourth-order valence-electron chi connectivity index (χ4n) is 3.44. The van der Waals surface area contributed by atoms with Crippen molar-refractivity contribution in [2.75, 3.05) is 20.8 Å². The number of hydrogen-bond donors (Lipinski definition) is 0. The summed E-state index contributed by atoms with van der Waals surface area (Å²) in [4.78, 5) is 14.7. The van der Waals surface area contributed by atoms with Crippen LogP contribution in [-0.2, 0) is 0 Å². The van der Waals surface area contributed by atoms with Gasteiger partial charge in [0, 0.05) is 18.2 Å². The molecule has 0 bridgehead atoms. The molecule has 2 aromatic heterocycles. The Kier molecular flexibility index (Phi) is 4.58. The van der Waals surface area contributed by atoms with Crippen molar-refractivity contribution in [3.05, 3.63) is 54.1 Å². The Balaban J connectivity index is 1.58. The fraction of sp³-hybridized carbons (Fsp3) is 0.300. The third kappa shape index (κ3) is 3.16. The van der Waals surface area contributed by atoms with Crippen molar-refractivity contribution < 1.29 is 23.2 Å². The second-order valence-electron chi connectivity index (χ2n) is 6.32. The maximum absolute atomic E-state index is 12.9. The number of ether oxygens (including phenoxy) is 2. The molecule has 1 amide bonds. The van der Waals surface area contributed by atoms with Crippen LogP contribution < -0.4 is 9.47 Å². The van der Waals surface area contributed by atoms with Crippen molar-refractivity contribution in [2.24, 2.45) is 0 Å². The number of amides is 1. The van der Waals surface area contributed by atoms with Crippen LogP contribution in [0.5, 0.6) is 11.5 Å². The monoisotopic (exact) mass is 368 g/mol. The second-order valence-corrected chi connectivity index (χ2v) is 6.32. The van der Waals surface area contributed by atoms with Crippen LogP contribution in [-0.4, -0.2) is 36.7 Å². The standard InChI is InChI=1S/C20H20N2O5/c1-24-17-8-7-13(11-19(17)25-2)18-12-14(21-27-18)20(23)22-9-3-5-15(22)16-6-4-10-26-16/h4,6-8,10-12,15H,3,5,9H2,1-2H3. The lowest BCUT2D eigenvalue weighted by atomic mass is 10.1. The Morgan fingerprint density at radius 3 is 2.78 bits per heavy atom. The van der Waals surface area contributed by atoms with Gasteiger partial charge in [-0.1, -0.05) is 5.16 Å². The number of carbonyl (C=O) groups excluding carboxylic acids is 1. The van der Waals surface area contributed by atoms with Crippen LogP contribution in [0.4, 0.5) is 0 Å². The summed E-state index contributed by atoms with van der Waals surface area (Å²) in [7, 11) is 3.15. The number of furan rings is 1. The second kappa shape index (κ2) is 7.19. The molecule has 1 aliphatic heterocycles. The molecule has 1 aromatic carbocycles. The van der Waals surface area contributed by atoms with Gasteiger partial charge < -0.3 is 23.3 Å². The molecule has 7 nitrogen and oxygen atoms in total. The highest BCUT2D eigenvalue weighted by molar-refractivity contribution is 5.93. The van der Waals surface area contributed by atoms with Crippen molar-refractivity contribution in [2.45, 2.75) is 18.9 Å². The van der Waals surface area contributed by atoms with Gasteiger partial charge in [-0.2, -0.15) is 0 Å². The van der Waals surface area contributed by atoms with Crippen LogP contribution in [0, 0.1) is 0 Å². The van der Waals surface area contributed by atoms with Crippen LogP contribution >= 0.6 is 0 Å². The van der Waals surface area contributed by atoms with E-state index in [9.17, 15) is 4.79 Å². The topological polar surface area (TPSA) is 77.9 Å². The molecule has 1 aliphatic rings. The van der Waals surface area contributed by atoms with E-state index in [-0.39, 0.29) is 17.6 Å². The average Bonchev–Trinajstić information content (AvgIpc) is 3.47. The number of methoxy groups -OCH3 is 2. The summed E-state index contributed by atoms with van der Waals surface area (Å²) in [6.07, 6.45) is 3.43. The van der Waals surface area contributed by atoms with Gasteiger partial charge in [0.05, 0.1) is 26.5 Å². The first-order valence-corrected chi connectivity index (χ1v) is 8.74. The first-order chi connectivity index (χ1) is 13.2. The van der Waals surface area contributed by atoms with E-state index in [2.05, 4.69) is 5.16 Å². The zero-order valence-corrected chi connectivity index (χ0v) is 15.2. The third-order valence-corrected chi connectivity index (χ3v) is 4.78. The predicted octanol–water partition coefficient (Wildman–Crippen LogP) is 3.93. The van der Waals surface area contributed by atoms with E-state index in [1.165, 1.54) is 0 Å². The molecule has 0 aliphatic carbocycles. The van der Waals surface area contributed by atoms with Crippen LogP contribution in [0.1, 0.15) is 35.1 Å². The molecular formula is C20H20N2O5. The van der Waals surface area contributed by atoms with Gasteiger partial charge in [-0.3, -0.25) is 4.79 Å². The molecule has 4 rings (SSSR count). The van der Waals surface area contributed by atoms with Crippen molar-refractivity contribution >= 4 is 5.91 Å². The highest BCUT2D eigenvalue weighted by Gasteiger charge is 2.33. The lowest BCUT2D eigenvalue weighted by Gasteiger charge is -2.21. The van der Waals surface area contributed by atoms with Gasteiger partial charge in [0.1, 0.15) is 5.76 Å².